The molecule has 0 bridgehead atoms. The first kappa shape index (κ1) is 23.5. The molecule has 0 spiro atoms. The summed E-state index contributed by atoms with van der Waals surface area (Å²) in [4.78, 5) is 0. The van der Waals surface area contributed by atoms with Gasteiger partial charge in [0, 0.05) is 0 Å². The Morgan fingerprint density at radius 2 is 0.567 bits per heavy atom. The van der Waals surface area contributed by atoms with Gasteiger partial charge in [0.05, 0.1) is 33.6 Å². The summed E-state index contributed by atoms with van der Waals surface area (Å²) in [5.74, 6) is 0. The van der Waals surface area contributed by atoms with E-state index < -0.39 is 69.5 Å². The molecule has 0 radical (unpaired) electrons. The van der Waals surface area contributed by atoms with Crippen molar-refractivity contribution in [2.45, 2.75) is 24.7 Å². The SMILES string of the molecule is Nc1c(C(F)(F)F)cc(-c2cc(C(F)(F)F)c(N)c(C(F)(F)F)c2)cc1C(F)(F)F. The Bertz CT molecular complexity index is 815. The highest BCUT2D eigenvalue weighted by molar-refractivity contribution is 5.75. The molecule has 0 saturated heterocycles. The first-order valence-corrected chi connectivity index (χ1v) is 7.40. The predicted molar refractivity (Wildman–Crippen MR) is 80.7 cm³/mol. The molecular weight excluding hydrogens is 448 g/mol. The lowest BCUT2D eigenvalue weighted by Crippen LogP contribution is -2.17. The van der Waals surface area contributed by atoms with Crippen LogP contribution in [0.2, 0.25) is 0 Å². The van der Waals surface area contributed by atoms with Crippen LogP contribution in [-0.4, -0.2) is 0 Å². The molecule has 0 aliphatic carbocycles. The molecule has 2 aromatic rings. The monoisotopic (exact) mass is 456 g/mol. The molecule has 0 unspecified atom stereocenters. The highest BCUT2D eigenvalue weighted by atomic mass is 19.4. The van der Waals surface area contributed by atoms with E-state index in [1.165, 1.54) is 0 Å². The number of rotatable bonds is 1. The van der Waals surface area contributed by atoms with Crippen LogP contribution in [0, 0.1) is 0 Å². The van der Waals surface area contributed by atoms with Crippen molar-refractivity contribution in [2.75, 3.05) is 11.5 Å². The number of anilines is 2. The fraction of sp³-hybridized carbons (Fsp3) is 0.250. The van der Waals surface area contributed by atoms with Crippen LogP contribution in [0.1, 0.15) is 22.3 Å². The second-order valence-corrected chi connectivity index (χ2v) is 5.96. The largest absolute Gasteiger partial charge is 0.418 e. The summed E-state index contributed by atoms with van der Waals surface area (Å²) in [6.45, 7) is 0. The van der Waals surface area contributed by atoms with Crippen molar-refractivity contribution in [3.05, 3.63) is 46.5 Å². The zero-order chi connectivity index (χ0) is 23.4. The van der Waals surface area contributed by atoms with E-state index in [2.05, 4.69) is 0 Å². The summed E-state index contributed by atoms with van der Waals surface area (Å²) in [6.07, 6.45) is -21.9. The molecular formula is C16H8F12N2. The Morgan fingerprint density at radius 1 is 0.400 bits per heavy atom. The van der Waals surface area contributed by atoms with E-state index in [9.17, 15) is 52.7 Å². The minimum absolute atomic E-state index is 0.0730. The summed E-state index contributed by atoms with van der Waals surface area (Å²) in [5.41, 5.74) is -4.50. The Kier molecular flexibility index (Phi) is 5.38. The van der Waals surface area contributed by atoms with Crippen molar-refractivity contribution in [3.8, 4) is 11.1 Å². The third-order valence-corrected chi connectivity index (χ3v) is 3.91. The number of hydrogen-bond donors (Lipinski definition) is 2. The molecule has 30 heavy (non-hydrogen) atoms. The molecule has 0 saturated carbocycles. The van der Waals surface area contributed by atoms with Crippen LogP contribution in [0.3, 0.4) is 0 Å². The van der Waals surface area contributed by atoms with Gasteiger partial charge in [-0.1, -0.05) is 0 Å². The second kappa shape index (κ2) is 6.87. The van der Waals surface area contributed by atoms with Gasteiger partial charge >= 0.3 is 24.7 Å². The van der Waals surface area contributed by atoms with Crippen LogP contribution in [-0.2, 0) is 24.7 Å². The topological polar surface area (TPSA) is 52.0 Å². The average Bonchev–Trinajstić information content (AvgIpc) is 2.50. The number of hydrogen-bond acceptors (Lipinski definition) is 2. The van der Waals surface area contributed by atoms with E-state index >= 15 is 0 Å². The minimum atomic E-state index is -5.48. The molecule has 2 aromatic carbocycles. The molecule has 14 heteroatoms. The van der Waals surface area contributed by atoms with E-state index in [4.69, 9.17) is 11.5 Å². The number of halogens is 12. The van der Waals surface area contributed by atoms with Crippen molar-refractivity contribution in [1.29, 1.82) is 0 Å². The lowest BCUT2D eigenvalue weighted by atomic mass is 9.93. The Morgan fingerprint density at radius 3 is 0.700 bits per heavy atom. The van der Waals surface area contributed by atoms with Crippen LogP contribution in [0.15, 0.2) is 24.3 Å². The van der Waals surface area contributed by atoms with Crippen LogP contribution in [0.25, 0.3) is 11.1 Å². The Hall–Kier alpha value is -2.80. The maximum absolute atomic E-state index is 13.1. The fourth-order valence-corrected chi connectivity index (χ4v) is 2.58. The van der Waals surface area contributed by atoms with Gasteiger partial charge in [-0.05, 0) is 35.4 Å². The van der Waals surface area contributed by atoms with Crippen molar-refractivity contribution in [1.82, 2.24) is 0 Å². The minimum Gasteiger partial charge on any atom is -0.398 e. The molecule has 0 heterocycles. The highest BCUT2D eigenvalue weighted by Gasteiger charge is 2.43. The van der Waals surface area contributed by atoms with E-state index in [0.29, 0.717) is 0 Å². The summed E-state index contributed by atoms with van der Waals surface area (Å²) in [6, 6.07) is -0.292. The van der Waals surface area contributed by atoms with Crippen molar-refractivity contribution in [2.24, 2.45) is 0 Å². The summed E-state index contributed by atoms with van der Waals surface area (Å²) >= 11 is 0. The molecule has 0 atom stereocenters. The van der Waals surface area contributed by atoms with E-state index in [-0.39, 0.29) is 24.3 Å². The zero-order valence-electron chi connectivity index (χ0n) is 14.0. The molecule has 2 nitrogen and oxygen atoms in total. The maximum atomic E-state index is 13.1. The third kappa shape index (κ3) is 4.51. The van der Waals surface area contributed by atoms with Gasteiger partial charge in [0.1, 0.15) is 0 Å². The smallest absolute Gasteiger partial charge is 0.398 e. The van der Waals surface area contributed by atoms with Gasteiger partial charge in [0.25, 0.3) is 0 Å². The second-order valence-electron chi connectivity index (χ2n) is 5.96. The van der Waals surface area contributed by atoms with Crippen LogP contribution >= 0.6 is 0 Å². The lowest BCUT2D eigenvalue weighted by Gasteiger charge is -2.20. The first-order chi connectivity index (χ1) is 13.2. The number of alkyl halides is 12. The molecule has 0 amide bonds. The Labute approximate surface area is 159 Å². The van der Waals surface area contributed by atoms with Gasteiger partial charge in [0.15, 0.2) is 0 Å². The van der Waals surface area contributed by atoms with Crippen molar-refractivity contribution in [3.63, 3.8) is 0 Å². The molecule has 2 rings (SSSR count). The van der Waals surface area contributed by atoms with Gasteiger partial charge in [-0.15, -0.1) is 0 Å². The number of benzene rings is 2. The van der Waals surface area contributed by atoms with E-state index in [1.54, 1.807) is 0 Å². The van der Waals surface area contributed by atoms with Crippen molar-refractivity contribution >= 4 is 11.4 Å². The van der Waals surface area contributed by atoms with Gasteiger partial charge in [-0.25, -0.2) is 0 Å². The quantitative estimate of drug-likeness (QED) is 0.376. The number of nitrogen functional groups attached to an aromatic ring is 2. The third-order valence-electron chi connectivity index (χ3n) is 3.91. The van der Waals surface area contributed by atoms with Crippen molar-refractivity contribution < 1.29 is 52.7 Å². The number of nitrogens with two attached hydrogens (primary N) is 2. The summed E-state index contributed by atoms with van der Waals surface area (Å²) in [5, 5.41) is 0. The fourth-order valence-electron chi connectivity index (χ4n) is 2.58. The lowest BCUT2D eigenvalue weighted by molar-refractivity contribution is -0.143. The van der Waals surface area contributed by atoms with Crippen LogP contribution in [0.5, 0.6) is 0 Å². The van der Waals surface area contributed by atoms with Crippen LogP contribution < -0.4 is 11.5 Å². The van der Waals surface area contributed by atoms with E-state index in [1.807, 2.05) is 0 Å². The van der Waals surface area contributed by atoms with Gasteiger partial charge < -0.3 is 11.5 Å². The molecule has 166 valence electrons. The molecule has 4 N–H and O–H groups in total. The maximum Gasteiger partial charge on any atom is 0.418 e. The van der Waals surface area contributed by atoms with Gasteiger partial charge in [0.2, 0.25) is 0 Å². The highest BCUT2D eigenvalue weighted by Crippen LogP contribution is 2.47. The van der Waals surface area contributed by atoms with Gasteiger partial charge in [-0.3, -0.25) is 0 Å². The normalized spacial score (nSPS) is 13.6. The molecule has 0 aliphatic rings. The molecule has 0 aromatic heterocycles. The van der Waals surface area contributed by atoms with E-state index in [0.717, 1.165) is 0 Å². The molecule has 0 aliphatic heterocycles. The Balaban J connectivity index is 2.97. The standard InChI is InChI=1S/C16H8F12N2/c17-13(18,19)7-1-5(2-8(11(7)29)14(20,21)22)6-3-9(15(23,24)25)12(30)10(4-6)16(26,27)28/h1-4H,29-30H2. The first-order valence-electron chi connectivity index (χ1n) is 7.40. The van der Waals surface area contributed by atoms with Crippen LogP contribution in [0.4, 0.5) is 64.1 Å². The molecule has 0 fully saturated rings. The predicted octanol–water partition coefficient (Wildman–Crippen LogP) is 6.59. The zero-order valence-corrected chi connectivity index (χ0v) is 14.0. The average molecular weight is 456 g/mol. The summed E-state index contributed by atoms with van der Waals surface area (Å²) < 4.78 is 157. The summed E-state index contributed by atoms with van der Waals surface area (Å²) in [7, 11) is 0. The van der Waals surface area contributed by atoms with Gasteiger partial charge in [-0.2, -0.15) is 52.7 Å².